The highest BCUT2D eigenvalue weighted by Gasteiger charge is 2.23. The molecule has 3 N–H and O–H groups in total. The highest BCUT2D eigenvalue weighted by Crippen LogP contribution is 2.25. The first-order valence-electron chi connectivity index (χ1n) is 12.7. The largest absolute Gasteiger partial charge is 0.478 e. The van der Waals surface area contributed by atoms with E-state index in [0.717, 1.165) is 55.8 Å². The van der Waals surface area contributed by atoms with Crippen LogP contribution in [0, 0.1) is 0 Å². The van der Waals surface area contributed by atoms with Crippen LogP contribution in [0.1, 0.15) is 37.4 Å². The standard InChI is InChI=1S/C27H32N8O3/c1-28-25-30-26(34-13-11-33(2)12-14-34)32-27(31-25)35-10-9-20-15-21(7-8-22(20)17-35)23(36)29-16-18-3-5-19(6-4-18)24(37)38/h3-8,15H,9-14,16-17H2,1-2H3,(H,29,36)(H,37,38)(H,28,30,31,32). The maximum atomic E-state index is 12.8. The summed E-state index contributed by atoms with van der Waals surface area (Å²) in [6.07, 6.45) is 0.775. The molecular weight excluding hydrogens is 484 g/mol. The molecule has 2 aromatic carbocycles. The fourth-order valence-electron chi connectivity index (χ4n) is 4.67. The molecule has 198 valence electrons. The van der Waals surface area contributed by atoms with Gasteiger partial charge in [-0.3, -0.25) is 4.79 Å². The maximum absolute atomic E-state index is 12.8. The van der Waals surface area contributed by atoms with Crippen molar-refractivity contribution in [2.75, 3.05) is 61.9 Å². The third-order valence-corrected chi connectivity index (χ3v) is 7.04. The molecule has 2 aliphatic rings. The molecule has 0 atom stereocenters. The van der Waals surface area contributed by atoms with E-state index in [0.29, 0.717) is 36.5 Å². The summed E-state index contributed by atoms with van der Waals surface area (Å²) in [7, 11) is 3.94. The Morgan fingerprint density at radius 1 is 0.868 bits per heavy atom. The van der Waals surface area contributed by atoms with Crippen molar-refractivity contribution in [2.45, 2.75) is 19.5 Å². The van der Waals surface area contributed by atoms with Crippen LogP contribution in [0.2, 0.25) is 0 Å². The highest BCUT2D eigenvalue weighted by molar-refractivity contribution is 5.94. The molecule has 0 saturated carbocycles. The van der Waals surface area contributed by atoms with Gasteiger partial charge in [-0.1, -0.05) is 18.2 Å². The minimum Gasteiger partial charge on any atom is -0.478 e. The number of aromatic carboxylic acids is 1. The van der Waals surface area contributed by atoms with Gasteiger partial charge in [0.2, 0.25) is 17.8 Å². The number of aromatic nitrogens is 3. The Morgan fingerprint density at radius 2 is 1.55 bits per heavy atom. The van der Waals surface area contributed by atoms with Crippen LogP contribution < -0.4 is 20.4 Å². The number of carbonyl (C=O) groups excluding carboxylic acids is 1. The summed E-state index contributed by atoms with van der Waals surface area (Å²) in [6.45, 7) is 5.42. The number of fused-ring (bicyclic) bond motifs is 1. The van der Waals surface area contributed by atoms with Gasteiger partial charge < -0.3 is 30.4 Å². The van der Waals surface area contributed by atoms with Crippen LogP contribution >= 0.6 is 0 Å². The van der Waals surface area contributed by atoms with Crippen molar-refractivity contribution in [3.8, 4) is 0 Å². The monoisotopic (exact) mass is 516 g/mol. The Kier molecular flexibility index (Phi) is 7.36. The summed E-state index contributed by atoms with van der Waals surface area (Å²) in [5, 5.41) is 15.0. The van der Waals surface area contributed by atoms with Crippen LogP contribution in [0.15, 0.2) is 42.5 Å². The zero-order chi connectivity index (χ0) is 26.6. The Bertz CT molecular complexity index is 1320. The van der Waals surface area contributed by atoms with E-state index in [1.807, 2.05) is 25.2 Å². The van der Waals surface area contributed by atoms with Crippen molar-refractivity contribution in [1.82, 2.24) is 25.2 Å². The quantitative estimate of drug-likeness (QED) is 0.428. The first-order valence-corrected chi connectivity index (χ1v) is 12.7. The third-order valence-electron chi connectivity index (χ3n) is 7.04. The van der Waals surface area contributed by atoms with Crippen molar-refractivity contribution in [3.63, 3.8) is 0 Å². The van der Waals surface area contributed by atoms with Gasteiger partial charge in [0.1, 0.15) is 0 Å². The molecule has 1 fully saturated rings. The number of rotatable bonds is 7. The minimum atomic E-state index is -0.971. The van der Waals surface area contributed by atoms with Crippen LogP contribution in [-0.2, 0) is 19.5 Å². The second kappa shape index (κ2) is 11.0. The van der Waals surface area contributed by atoms with Gasteiger partial charge in [0.25, 0.3) is 5.91 Å². The molecule has 38 heavy (non-hydrogen) atoms. The van der Waals surface area contributed by atoms with Gasteiger partial charge in [-0.05, 0) is 54.4 Å². The topological polar surface area (TPSA) is 127 Å². The predicted molar refractivity (Wildman–Crippen MR) is 145 cm³/mol. The molecule has 0 radical (unpaired) electrons. The summed E-state index contributed by atoms with van der Waals surface area (Å²) >= 11 is 0. The average Bonchev–Trinajstić information content (AvgIpc) is 2.95. The molecule has 1 saturated heterocycles. The number of benzene rings is 2. The van der Waals surface area contributed by atoms with Gasteiger partial charge >= 0.3 is 5.97 Å². The molecule has 1 aromatic heterocycles. The zero-order valence-electron chi connectivity index (χ0n) is 21.6. The summed E-state index contributed by atoms with van der Waals surface area (Å²) < 4.78 is 0. The first-order chi connectivity index (χ1) is 18.4. The van der Waals surface area contributed by atoms with E-state index in [-0.39, 0.29) is 11.5 Å². The number of likely N-dealkylation sites (N-methyl/N-ethyl adjacent to an activating group) is 1. The van der Waals surface area contributed by atoms with E-state index in [4.69, 9.17) is 10.1 Å². The SMILES string of the molecule is CNc1nc(N2CCN(C)CC2)nc(N2CCc3cc(C(=O)NCc4ccc(C(=O)O)cc4)ccc3C2)n1. The van der Waals surface area contributed by atoms with Crippen LogP contribution in [0.25, 0.3) is 0 Å². The number of anilines is 3. The van der Waals surface area contributed by atoms with E-state index in [2.05, 4.69) is 42.3 Å². The van der Waals surface area contributed by atoms with Crippen molar-refractivity contribution >= 4 is 29.7 Å². The molecule has 11 heteroatoms. The number of hydrogen-bond donors (Lipinski definition) is 3. The van der Waals surface area contributed by atoms with Crippen LogP contribution in [0.3, 0.4) is 0 Å². The molecule has 3 aromatic rings. The Labute approximate surface area is 221 Å². The number of amides is 1. The normalized spacial score (nSPS) is 15.6. The van der Waals surface area contributed by atoms with Gasteiger partial charge in [-0.25, -0.2) is 4.79 Å². The molecule has 2 aliphatic heterocycles. The van der Waals surface area contributed by atoms with Gasteiger partial charge in [-0.2, -0.15) is 15.0 Å². The van der Waals surface area contributed by atoms with Gasteiger partial charge in [-0.15, -0.1) is 0 Å². The smallest absolute Gasteiger partial charge is 0.335 e. The number of carboxylic acid groups (broad SMARTS) is 1. The van der Waals surface area contributed by atoms with Crippen molar-refractivity contribution in [2.24, 2.45) is 0 Å². The maximum Gasteiger partial charge on any atom is 0.335 e. The predicted octanol–water partition coefficient (Wildman–Crippen LogP) is 1.86. The molecule has 3 heterocycles. The number of nitrogens with zero attached hydrogens (tertiary/aromatic N) is 6. The van der Waals surface area contributed by atoms with Crippen LogP contribution in [0.4, 0.5) is 17.8 Å². The first kappa shape index (κ1) is 25.4. The number of hydrogen-bond acceptors (Lipinski definition) is 9. The molecule has 1 amide bonds. The van der Waals surface area contributed by atoms with Crippen LogP contribution in [-0.4, -0.2) is 83.7 Å². The van der Waals surface area contributed by atoms with Gasteiger partial charge in [0, 0.05) is 58.4 Å². The summed E-state index contributed by atoms with van der Waals surface area (Å²) in [5.74, 6) is 0.772. The average molecular weight is 517 g/mol. The van der Waals surface area contributed by atoms with Crippen molar-refractivity contribution in [3.05, 3.63) is 70.3 Å². The zero-order valence-corrected chi connectivity index (χ0v) is 21.6. The van der Waals surface area contributed by atoms with Gasteiger partial charge in [0.05, 0.1) is 5.56 Å². The lowest BCUT2D eigenvalue weighted by molar-refractivity contribution is 0.0696. The van der Waals surface area contributed by atoms with Crippen LogP contribution in [0.5, 0.6) is 0 Å². The van der Waals surface area contributed by atoms with Crippen molar-refractivity contribution in [1.29, 1.82) is 0 Å². The number of carbonyl (C=O) groups is 2. The van der Waals surface area contributed by atoms with Crippen molar-refractivity contribution < 1.29 is 14.7 Å². The van der Waals surface area contributed by atoms with E-state index in [9.17, 15) is 9.59 Å². The number of nitrogens with one attached hydrogen (secondary N) is 2. The lowest BCUT2D eigenvalue weighted by Gasteiger charge is -2.33. The summed E-state index contributed by atoms with van der Waals surface area (Å²) in [6, 6.07) is 12.3. The Balaban J connectivity index is 1.25. The third kappa shape index (κ3) is 5.67. The lowest BCUT2D eigenvalue weighted by Crippen LogP contribution is -2.45. The molecule has 0 bridgehead atoms. The fraction of sp³-hybridized carbons (Fsp3) is 0.370. The fourth-order valence-corrected chi connectivity index (χ4v) is 4.67. The second-order valence-corrected chi connectivity index (χ2v) is 9.64. The summed E-state index contributed by atoms with van der Waals surface area (Å²) in [4.78, 5) is 44.5. The summed E-state index contributed by atoms with van der Waals surface area (Å²) in [5.41, 5.74) is 3.95. The van der Waals surface area contributed by atoms with E-state index >= 15 is 0 Å². The minimum absolute atomic E-state index is 0.162. The lowest BCUT2D eigenvalue weighted by atomic mass is 9.97. The molecule has 11 nitrogen and oxygen atoms in total. The van der Waals surface area contributed by atoms with E-state index in [1.54, 1.807) is 12.1 Å². The Hall–Kier alpha value is -4.25. The number of carboxylic acids is 1. The van der Waals surface area contributed by atoms with E-state index in [1.165, 1.54) is 12.1 Å². The second-order valence-electron chi connectivity index (χ2n) is 9.64. The molecule has 0 aliphatic carbocycles. The molecule has 0 unspecified atom stereocenters. The highest BCUT2D eigenvalue weighted by atomic mass is 16.4. The molecule has 5 rings (SSSR count). The number of piperazine rings is 1. The van der Waals surface area contributed by atoms with Gasteiger partial charge in [0.15, 0.2) is 0 Å². The molecular formula is C27H32N8O3. The van der Waals surface area contributed by atoms with E-state index < -0.39 is 5.97 Å². The molecule has 0 spiro atoms. The Morgan fingerprint density at radius 3 is 2.24 bits per heavy atom.